The second-order valence-corrected chi connectivity index (χ2v) is 9.52. The molecule has 1 rings (SSSR count). The van der Waals surface area contributed by atoms with Gasteiger partial charge in [0.15, 0.2) is 0 Å². The first-order valence-corrected chi connectivity index (χ1v) is 9.03. The molecule has 0 saturated heterocycles. The molecule has 1 aliphatic rings. The van der Waals surface area contributed by atoms with E-state index in [-0.39, 0.29) is 18.8 Å². The first kappa shape index (κ1) is 22.8. The van der Waals surface area contributed by atoms with Gasteiger partial charge >= 0.3 is 12.2 Å². The molecule has 1 heterocycles. The van der Waals surface area contributed by atoms with E-state index in [1.165, 1.54) is 16.0 Å². The second kappa shape index (κ2) is 7.78. The normalized spacial score (nSPS) is 15.8. The van der Waals surface area contributed by atoms with E-state index in [1.807, 2.05) is 20.8 Å². The lowest BCUT2D eigenvalue weighted by Crippen LogP contribution is -2.52. The van der Waals surface area contributed by atoms with Gasteiger partial charge in [0.25, 0.3) is 5.91 Å². The van der Waals surface area contributed by atoms with Gasteiger partial charge in [-0.2, -0.15) is 0 Å². The molecule has 27 heavy (non-hydrogen) atoms. The minimum absolute atomic E-state index is 0.0382. The maximum absolute atomic E-state index is 12.7. The number of hydrogen-bond donors (Lipinski definition) is 1. The maximum atomic E-state index is 12.7. The molecule has 0 spiro atoms. The highest BCUT2D eigenvalue weighted by Crippen LogP contribution is 2.20. The van der Waals surface area contributed by atoms with E-state index in [9.17, 15) is 14.4 Å². The molecule has 0 fully saturated rings. The van der Waals surface area contributed by atoms with Crippen molar-refractivity contribution in [3.63, 3.8) is 0 Å². The van der Waals surface area contributed by atoms with Gasteiger partial charge in [-0.3, -0.25) is 14.6 Å². The van der Waals surface area contributed by atoms with Crippen LogP contribution in [0.3, 0.4) is 0 Å². The molecule has 1 N–H and O–H groups in total. The lowest BCUT2D eigenvalue weighted by atomic mass is 10.1. The summed E-state index contributed by atoms with van der Waals surface area (Å²) in [6, 6.07) is 0. The zero-order chi connectivity index (χ0) is 21.2. The van der Waals surface area contributed by atoms with E-state index in [0.29, 0.717) is 0 Å². The van der Waals surface area contributed by atoms with Crippen molar-refractivity contribution in [3.05, 3.63) is 11.9 Å². The number of nitrogens with one attached hydrogen (secondary N) is 1. The summed E-state index contributed by atoms with van der Waals surface area (Å²) < 4.78 is 10.8. The summed E-state index contributed by atoms with van der Waals surface area (Å²) in [5.74, 6) is -0.471. The summed E-state index contributed by atoms with van der Waals surface area (Å²) in [5.41, 5.74) is -1.84. The summed E-state index contributed by atoms with van der Waals surface area (Å²) in [7, 11) is 0. The zero-order valence-corrected chi connectivity index (χ0v) is 17.9. The van der Waals surface area contributed by atoms with E-state index in [4.69, 9.17) is 9.47 Å². The molecule has 3 amide bonds. The third kappa shape index (κ3) is 7.88. The van der Waals surface area contributed by atoms with Crippen molar-refractivity contribution in [1.82, 2.24) is 15.1 Å². The van der Waals surface area contributed by atoms with Crippen LogP contribution in [0.2, 0.25) is 0 Å². The Morgan fingerprint density at radius 2 is 1.33 bits per heavy atom. The quantitative estimate of drug-likeness (QED) is 0.751. The molecule has 0 aliphatic carbocycles. The average molecular weight is 383 g/mol. The van der Waals surface area contributed by atoms with Gasteiger partial charge in [0.05, 0.1) is 0 Å². The Balaban J connectivity index is 3.15. The monoisotopic (exact) mass is 383 g/mol. The van der Waals surface area contributed by atoms with Crippen LogP contribution in [-0.4, -0.2) is 57.7 Å². The first-order chi connectivity index (χ1) is 12.0. The van der Waals surface area contributed by atoms with E-state index in [2.05, 4.69) is 5.32 Å². The highest BCUT2D eigenvalue weighted by atomic mass is 16.6. The van der Waals surface area contributed by atoms with Crippen LogP contribution in [0, 0.1) is 0 Å². The molecule has 0 atom stereocenters. The van der Waals surface area contributed by atoms with Gasteiger partial charge in [0.1, 0.15) is 16.9 Å². The first-order valence-electron chi connectivity index (χ1n) is 9.03. The summed E-state index contributed by atoms with van der Waals surface area (Å²) in [6.45, 7) is 16.4. The fourth-order valence-electron chi connectivity index (χ4n) is 2.17. The number of nitrogens with zero attached hydrogens (tertiary/aromatic N) is 2. The number of carbonyl (C=O) groups excluding carboxylic acids is 3. The zero-order valence-electron chi connectivity index (χ0n) is 17.9. The summed E-state index contributed by atoms with van der Waals surface area (Å²) >= 11 is 0. The molecule has 1 aliphatic heterocycles. The van der Waals surface area contributed by atoms with Crippen molar-refractivity contribution >= 4 is 18.1 Å². The van der Waals surface area contributed by atoms with E-state index in [1.54, 1.807) is 41.5 Å². The van der Waals surface area contributed by atoms with E-state index < -0.39 is 34.8 Å². The van der Waals surface area contributed by atoms with Crippen LogP contribution in [0.1, 0.15) is 62.3 Å². The molecule has 8 heteroatoms. The minimum atomic E-state index is -0.703. The van der Waals surface area contributed by atoms with Crippen LogP contribution < -0.4 is 5.32 Å². The number of rotatable bonds is 1. The Labute approximate surface area is 161 Å². The Bertz CT molecular complexity index is 621. The molecule has 8 nitrogen and oxygen atoms in total. The molecular weight excluding hydrogens is 350 g/mol. The van der Waals surface area contributed by atoms with Crippen LogP contribution in [0.15, 0.2) is 11.9 Å². The molecule has 154 valence electrons. The third-order valence-corrected chi connectivity index (χ3v) is 3.10. The predicted octanol–water partition coefficient (Wildman–Crippen LogP) is 3.23. The van der Waals surface area contributed by atoms with Crippen LogP contribution in [0.25, 0.3) is 0 Å². The number of amides is 3. The number of hydrogen-bond acceptors (Lipinski definition) is 5. The SMILES string of the molecule is CC(C)(C)NC(=O)C1=CN(C(=O)OC(C)(C)C)CCN1C(=O)OC(C)(C)C. The van der Waals surface area contributed by atoms with Crippen LogP contribution in [-0.2, 0) is 14.3 Å². The average Bonchev–Trinajstić information content (AvgIpc) is 2.41. The molecule has 0 saturated carbocycles. The van der Waals surface area contributed by atoms with Gasteiger partial charge in [-0.25, -0.2) is 9.59 Å². The van der Waals surface area contributed by atoms with Crippen molar-refractivity contribution in [2.24, 2.45) is 0 Å². The highest BCUT2D eigenvalue weighted by Gasteiger charge is 2.35. The molecule has 0 radical (unpaired) electrons. The molecule has 0 unspecified atom stereocenters. The lowest BCUT2D eigenvalue weighted by molar-refractivity contribution is -0.120. The van der Waals surface area contributed by atoms with Crippen LogP contribution in [0.5, 0.6) is 0 Å². The number of ether oxygens (including phenoxy) is 2. The standard InChI is InChI=1S/C19H33N3O5/c1-17(2,3)20-14(23)13-12-21(15(24)26-18(4,5)6)10-11-22(13)16(25)27-19(7,8)9/h12H,10-11H2,1-9H3,(H,20,23). The van der Waals surface area contributed by atoms with Crippen molar-refractivity contribution in [2.75, 3.05) is 13.1 Å². The van der Waals surface area contributed by atoms with E-state index in [0.717, 1.165) is 0 Å². The van der Waals surface area contributed by atoms with Gasteiger partial charge < -0.3 is 14.8 Å². The van der Waals surface area contributed by atoms with Gasteiger partial charge in [-0.15, -0.1) is 0 Å². The predicted molar refractivity (Wildman–Crippen MR) is 102 cm³/mol. The summed E-state index contributed by atoms with van der Waals surface area (Å²) in [6.07, 6.45) is 0.122. The Kier molecular flexibility index (Phi) is 6.57. The fraction of sp³-hybridized carbons (Fsp3) is 0.737. The van der Waals surface area contributed by atoms with Crippen molar-refractivity contribution in [1.29, 1.82) is 0 Å². The molecular formula is C19H33N3O5. The van der Waals surface area contributed by atoms with E-state index >= 15 is 0 Å². The van der Waals surface area contributed by atoms with Gasteiger partial charge in [-0.1, -0.05) is 0 Å². The summed E-state index contributed by atoms with van der Waals surface area (Å²) in [4.78, 5) is 40.2. The van der Waals surface area contributed by atoms with Crippen molar-refractivity contribution in [2.45, 2.75) is 79.1 Å². The number of carbonyl (C=O) groups is 3. The molecule has 0 aromatic carbocycles. The molecule has 0 aromatic heterocycles. The maximum Gasteiger partial charge on any atom is 0.415 e. The Hall–Kier alpha value is -2.25. The smallest absolute Gasteiger partial charge is 0.415 e. The van der Waals surface area contributed by atoms with Gasteiger partial charge in [0.2, 0.25) is 0 Å². The van der Waals surface area contributed by atoms with Crippen LogP contribution >= 0.6 is 0 Å². The highest BCUT2D eigenvalue weighted by molar-refractivity contribution is 5.97. The molecule has 0 aromatic rings. The van der Waals surface area contributed by atoms with Crippen molar-refractivity contribution < 1.29 is 23.9 Å². The largest absolute Gasteiger partial charge is 0.443 e. The second-order valence-electron chi connectivity index (χ2n) is 9.52. The van der Waals surface area contributed by atoms with Crippen molar-refractivity contribution in [3.8, 4) is 0 Å². The lowest BCUT2D eigenvalue weighted by Gasteiger charge is -2.35. The fourth-order valence-corrected chi connectivity index (χ4v) is 2.17. The van der Waals surface area contributed by atoms with Gasteiger partial charge in [-0.05, 0) is 62.3 Å². The van der Waals surface area contributed by atoms with Crippen LogP contribution in [0.4, 0.5) is 9.59 Å². The minimum Gasteiger partial charge on any atom is -0.443 e. The topological polar surface area (TPSA) is 88.2 Å². The Morgan fingerprint density at radius 3 is 1.78 bits per heavy atom. The summed E-state index contributed by atoms with van der Waals surface area (Å²) in [5, 5.41) is 2.81. The van der Waals surface area contributed by atoms with Gasteiger partial charge in [0, 0.05) is 24.8 Å². The third-order valence-electron chi connectivity index (χ3n) is 3.10. The molecule has 0 bridgehead atoms. The Morgan fingerprint density at radius 1 is 0.852 bits per heavy atom.